The van der Waals surface area contributed by atoms with Gasteiger partial charge >= 0.3 is 0 Å². The Balaban J connectivity index is 1.90. The summed E-state index contributed by atoms with van der Waals surface area (Å²) in [5, 5.41) is 0. The molecule has 1 heterocycles. The molecule has 0 radical (unpaired) electrons. The number of benzene rings is 2. The molecule has 1 aliphatic heterocycles. The quantitative estimate of drug-likeness (QED) is 0.782. The van der Waals surface area contributed by atoms with Gasteiger partial charge in [0, 0.05) is 10.3 Å². The van der Waals surface area contributed by atoms with Gasteiger partial charge in [0.2, 0.25) is 0 Å². The largest absolute Gasteiger partial charge is 0.330 e. The summed E-state index contributed by atoms with van der Waals surface area (Å²) in [6.45, 7) is 3.93. The summed E-state index contributed by atoms with van der Waals surface area (Å²) in [4.78, 5) is 3.78. The van der Waals surface area contributed by atoms with E-state index in [1.807, 2.05) is 12.1 Å². The number of nitrogens with zero attached hydrogens (tertiary/aromatic N) is 1. The van der Waals surface area contributed by atoms with Gasteiger partial charge in [0.05, 0.1) is 0 Å². The van der Waals surface area contributed by atoms with Gasteiger partial charge in [-0.3, -0.25) is 0 Å². The zero-order valence-corrected chi connectivity index (χ0v) is 15.7. The molecule has 0 bridgehead atoms. The Morgan fingerprint density at radius 3 is 2.08 bits per heavy atom. The molecular weight excluding hydrogens is 331 g/mol. The minimum atomic E-state index is -0.169. The Bertz CT molecular complexity index is 661. The highest BCUT2D eigenvalue weighted by Gasteiger charge is 2.37. The Kier molecular flexibility index (Phi) is 6.15. The summed E-state index contributed by atoms with van der Waals surface area (Å²) in [7, 11) is 0. The number of likely N-dealkylation sites (tertiary alicyclic amines) is 1. The second kappa shape index (κ2) is 8.35. The average Bonchev–Trinajstić information content (AvgIpc) is 2.67. The first-order valence-electron chi connectivity index (χ1n) is 9.01. The van der Waals surface area contributed by atoms with Gasteiger partial charge in [0.15, 0.2) is 0 Å². The van der Waals surface area contributed by atoms with Crippen molar-refractivity contribution in [2.45, 2.75) is 29.6 Å². The topological polar surface area (TPSA) is 29.3 Å². The molecule has 1 saturated heterocycles. The summed E-state index contributed by atoms with van der Waals surface area (Å²) in [5.41, 5.74) is 8.20. The van der Waals surface area contributed by atoms with Crippen LogP contribution in [-0.2, 0) is 5.41 Å². The van der Waals surface area contributed by atoms with Crippen LogP contribution in [0, 0.1) is 5.82 Å². The lowest BCUT2D eigenvalue weighted by molar-refractivity contribution is 0.178. The highest BCUT2D eigenvalue weighted by molar-refractivity contribution is 7.98. The molecule has 1 fully saturated rings. The number of hydrogen-bond acceptors (Lipinski definition) is 3. The third kappa shape index (κ3) is 4.08. The van der Waals surface area contributed by atoms with E-state index in [4.69, 9.17) is 5.73 Å². The molecule has 1 aliphatic rings. The summed E-state index contributed by atoms with van der Waals surface area (Å²) in [6, 6.07) is 16.0. The van der Waals surface area contributed by atoms with Crippen molar-refractivity contribution >= 4 is 11.8 Å². The van der Waals surface area contributed by atoms with Crippen molar-refractivity contribution in [2.75, 3.05) is 32.4 Å². The summed E-state index contributed by atoms with van der Waals surface area (Å²) < 4.78 is 13.5. The lowest BCUT2D eigenvalue weighted by Crippen LogP contribution is -2.43. The minimum absolute atomic E-state index is 0.0240. The predicted octanol–water partition coefficient (Wildman–Crippen LogP) is 4.28. The zero-order chi connectivity index (χ0) is 17.7. The number of piperidine rings is 1. The maximum absolute atomic E-state index is 13.5. The minimum Gasteiger partial charge on any atom is -0.330 e. The standard InChI is InChI=1S/C21H27FN2S/c1-25-20-9-5-18(6-10-20)21(17-3-7-19(22)8-4-17)11-15-24(16-12-21)14-2-13-23/h3-10H,2,11-16,23H2,1H3. The van der Waals surface area contributed by atoms with Crippen LogP contribution in [0.3, 0.4) is 0 Å². The van der Waals surface area contributed by atoms with E-state index in [0.29, 0.717) is 0 Å². The average molecular weight is 359 g/mol. The van der Waals surface area contributed by atoms with Crippen molar-refractivity contribution in [1.29, 1.82) is 0 Å². The number of hydrogen-bond donors (Lipinski definition) is 1. The lowest BCUT2D eigenvalue weighted by atomic mass is 9.68. The normalized spacial score (nSPS) is 17.6. The van der Waals surface area contributed by atoms with E-state index in [1.54, 1.807) is 23.9 Å². The van der Waals surface area contributed by atoms with E-state index in [1.165, 1.54) is 16.0 Å². The maximum atomic E-state index is 13.5. The van der Waals surface area contributed by atoms with Gasteiger partial charge in [-0.15, -0.1) is 11.8 Å². The van der Waals surface area contributed by atoms with Crippen molar-refractivity contribution in [3.05, 3.63) is 65.5 Å². The fourth-order valence-corrected chi connectivity index (χ4v) is 4.30. The Morgan fingerprint density at radius 2 is 1.56 bits per heavy atom. The fourth-order valence-electron chi connectivity index (χ4n) is 3.90. The van der Waals surface area contributed by atoms with Crippen molar-refractivity contribution < 1.29 is 4.39 Å². The van der Waals surface area contributed by atoms with Crippen LogP contribution in [0.25, 0.3) is 0 Å². The first-order chi connectivity index (χ1) is 12.2. The Morgan fingerprint density at radius 1 is 1.00 bits per heavy atom. The molecule has 0 aromatic heterocycles. The van der Waals surface area contributed by atoms with Crippen LogP contribution >= 0.6 is 11.8 Å². The van der Waals surface area contributed by atoms with Gasteiger partial charge < -0.3 is 10.6 Å². The molecule has 25 heavy (non-hydrogen) atoms. The lowest BCUT2D eigenvalue weighted by Gasteiger charge is -2.43. The van der Waals surface area contributed by atoms with Gasteiger partial charge in [-0.05, 0) is 87.1 Å². The molecule has 4 heteroatoms. The van der Waals surface area contributed by atoms with Crippen LogP contribution in [0.15, 0.2) is 53.4 Å². The number of rotatable bonds is 6. The van der Waals surface area contributed by atoms with Crippen molar-refractivity contribution in [2.24, 2.45) is 5.73 Å². The Hall–Kier alpha value is -1.36. The molecule has 2 aromatic carbocycles. The first kappa shape index (κ1) is 18.4. The second-order valence-corrected chi connectivity index (χ2v) is 7.68. The second-order valence-electron chi connectivity index (χ2n) is 6.80. The van der Waals surface area contributed by atoms with E-state index >= 15 is 0 Å². The molecular formula is C21H27FN2S. The van der Waals surface area contributed by atoms with Crippen LogP contribution < -0.4 is 5.73 Å². The van der Waals surface area contributed by atoms with E-state index in [2.05, 4.69) is 35.4 Å². The molecule has 0 saturated carbocycles. The molecule has 0 spiro atoms. The van der Waals surface area contributed by atoms with Crippen molar-refractivity contribution in [3.8, 4) is 0 Å². The van der Waals surface area contributed by atoms with Gasteiger partial charge in [-0.2, -0.15) is 0 Å². The molecule has 2 nitrogen and oxygen atoms in total. The van der Waals surface area contributed by atoms with Crippen molar-refractivity contribution in [3.63, 3.8) is 0 Å². The number of thioether (sulfide) groups is 1. The first-order valence-corrected chi connectivity index (χ1v) is 10.2. The zero-order valence-electron chi connectivity index (χ0n) is 14.9. The van der Waals surface area contributed by atoms with Gasteiger partial charge in [0.25, 0.3) is 0 Å². The third-order valence-electron chi connectivity index (χ3n) is 5.43. The van der Waals surface area contributed by atoms with E-state index in [-0.39, 0.29) is 11.2 Å². The summed E-state index contributed by atoms with van der Waals surface area (Å²) in [5.74, 6) is -0.169. The molecule has 2 N–H and O–H groups in total. The van der Waals surface area contributed by atoms with Crippen LogP contribution in [0.2, 0.25) is 0 Å². The Labute approximate surface area is 154 Å². The molecule has 3 rings (SSSR count). The molecule has 2 aromatic rings. The number of nitrogens with two attached hydrogens (primary N) is 1. The van der Waals surface area contributed by atoms with Gasteiger partial charge in [-0.25, -0.2) is 4.39 Å². The smallest absolute Gasteiger partial charge is 0.123 e. The van der Waals surface area contributed by atoms with Crippen LogP contribution in [0.5, 0.6) is 0 Å². The van der Waals surface area contributed by atoms with Crippen molar-refractivity contribution in [1.82, 2.24) is 4.90 Å². The number of halogens is 1. The molecule has 0 aliphatic carbocycles. The molecule has 0 atom stereocenters. The predicted molar refractivity (Wildman–Crippen MR) is 105 cm³/mol. The SMILES string of the molecule is CSc1ccc(C2(c3ccc(F)cc3)CCN(CCCN)CC2)cc1. The summed E-state index contributed by atoms with van der Waals surface area (Å²) in [6.07, 6.45) is 5.26. The molecule has 134 valence electrons. The van der Waals surface area contributed by atoms with Gasteiger partial charge in [0.1, 0.15) is 5.82 Å². The molecule has 0 amide bonds. The monoisotopic (exact) mass is 358 g/mol. The highest BCUT2D eigenvalue weighted by atomic mass is 32.2. The van der Waals surface area contributed by atoms with E-state index < -0.39 is 0 Å². The molecule has 0 unspecified atom stereocenters. The maximum Gasteiger partial charge on any atom is 0.123 e. The highest BCUT2D eigenvalue weighted by Crippen LogP contribution is 2.42. The van der Waals surface area contributed by atoms with Crippen LogP contribution in [0.1, 0.15) is 30.4 Å². The van der Waals surface area contributed by atoms with E-state index in [9.17, 15) is 4.39 Å². The fraction of sp³-hybridized carbons (Fsp3) is 0.429. The van der Waals surface area contributed by atoms with Gasteiger partial charge in [-0.1, -0.05) is 24.3 Å². The summed E-state index contributed by atoms with van der Waals surface area (Å²) >= 11 is 1.76. The van der Waals surface area contributed by atoms with Crippen LogP contribution in [-0.4, -0.2) is 37.3 Å². The third-order valence-corrected chi connectivity index (χ3v) is 6.17. The van der Waals surface area contributed by atoms with E-state index in [0.717, 1.165) is 45.4 Å². The van der Waals surface area contributed by atoms with Crippen LogP contribution in [0.4, 0.5) is 4.39 Å².